The molecule has 19 heteroatoms. The maximum absolute atomic E-state index is 13.6. The van der Waals surface area contributed by atoms with Crippen LogP contribution in [0.3, 0.4) is 0 Å². The van der Waals surface area contributed by atoms with Crippen LogP contribution in [0.5, 0.6) is 17.2 Å². The van der Waals surface area contributed by atoms with Gasteiger partial charge in [0.1, 0.15) is 41.2 Å². The summed E-state index contributed by atoms with van der Waals surface area (Å²) < 4.78 is 23.3. The van der Waals surface area contributed by atoms with Crippen LogP contribution in [0.25, 0.3) is 5.57 Å². The Hall–Kier alpha value is -6.37. The van der Waals surface area contributed by atoms with Gasteiger partial charge in [0.25, 0.3) is 5.91 Å². The van der Waals surface area contributed by atoms with Crippen molar-refractivity contribution in [3.05, 3.63) is 98.9 Å². The van der Waals surface area contributed by atoms with Crippen LogP contribution >= 0.6 is 0 Å². The number of hydrogen-bond donors (Lipinski definition) is 8. The summed E-state index contributed by atoms with van der Waals surface area (Å²) >= 11 is 0. The van der Waals surface area contributed by atoms with E-state index in [-0.39, 0.29) is 74.4 Å². The van der Waals surface area contributed by atoms with Crippen molar-refractivity contribution in [2.24, 2.45) is 11.1 Å². The number of Topliss-reactive ketones (excluding diaryl/α,β-unsaturated/α-hetero) is 1. The zero-order valence-electron chi connectivity index (χ0n) is 42.3. The van der Waals surface area contributed by atoms with Crippen molar-refractivity contribution < 1.29 is 63.7 Å². The molecule has 0 saturated carbocycles. The van der Waals surface area contributed by atoms with E-state index in [1.165, 1.54) is 37.1 Å². The third kappa shape index (κ3) is 10.4. The summed E-state index contributed by atoms with van der Waals surface area (Å²) in [7, 11) is 1.32. The fraction of sp³-hybridized carbons (Fsp3) is 0.500. The SMILES string of the molecule is CC1(C)CC=C(c2nc(C3CC(C)(C)OC(C)(C)C3)ccc2NC(=O)c2ncc(C#N)[nH]2)CC1.COc1cccc2c1C(=O)c1c(O)c3c(c(O)c1C2=O)C[C@@](O)(C(=O)CO)C[C@@H]3O[C@H]1C[C@H](N)[C@H](O)[C@H](C)O1. The van der Waals surface area contributed by atoms with E-state index in [0.717, 1.165) is 43.5 Å². The first kappa shape index (κ1) is 52.9. The quantitative estimate of drug-likeness (QED) is 0.0788. The van der Waals surface area contributed by atoms with E-state index in [4.69, 9.17) is 34.9 Å². The second-order valence-corrected chi connectivity index (χ2v) is 21.8. The van der Waals surface area contributed by atoms with Crippen LogP contribution in [0.4, 0.5) is 5.69 Å². The number of nitrogens with two attached hydrogens (primary N) is 1. The summed E-state index contributed by atoms with van der Waals surface area (Å²) in [5, 5.41) is 65.7. The zero-order chi connectivity index (χ0) is 53.1. The Morgan fingerprint density at radius 2 is 1.70 bits per heavy atom. The first-order valence-corrected chi connectivity index (χ1v) is 24.4. The Morgan fingerprint density at radius 3 is 2.32 bits per heavy atom. The van der Waals surface area contributed by atoms with Gasteiger partial charge >= 0.3 is 0 Å². The Labute approximate surface area is 422 Å². The minimum atomic E-state index is -2.24. The maximum Gasteiger partial charge on any atom is 0.291 e. The fourth-order valence-electron chi connectivity index (χ4n) is 11.1. The first-order valence-electron chi connectivity index (χ1n) is 24.4. The number of anilines is 1. The maximum atomic E-state index is 13.6. The number of carbonyl (C=O) groups excluding carboxylic acids is 4. The molecular formula is C54H64N6O13. The van der Waals surface area contributed by atoms with E-state index in [9.17, 15) is 44.7 Å². The Morgan fingerprint density at radius 1 is 1.00 bits per heavy atom. The highest BCUT2D eigenvalue weighted by Gasteiger charge is 2.50. The lowest BCUT2D eigenvalue weighted by Crippen LogP contribution is -2.53. The molecule has 388 valence electrons. The summed E-state index contributed by atoms with van der Waals surface area (Å²) in [5.41, 5.74) is 6.13. The molecule has 3 aliphatic carbocycles. The number of ether oxygens (including phenoxy) is 4. The molecule has 4 heterocycles. The number of phenolic OH excluding ortho intramolecular Hbond substituents is 2. The molecule has 0 bridgehead atoms. The number of aromatic nitrogens is 3. The Kier molecular flexibility index (Phi) is 14.4. The van der Waals surface area contributed by atoms with Gasteiger partial charge in [-0.3, -0.25) is 24.2 Å². The highest BCUT2D eigenvalue weighted by molar-refractivity contribution is 6.31. The molecule has 19 nitrogen and oxygen atoms in total. The van der Waals surface area contributed by atoms with Crippen molar-refractivity contribution in [3.8, 4) is 23.3 Å². The number of ketones is 3. The number of methoxy groups -OCH3 is 1. The number of pyridine rings is 1. The van der Waals surface area contributed by atoms with Gasteiger partial charge in [-0.05, 0) is 95.9 Å². The number of nitrogens with zero attached hydrogens (tertiary/aromatic N) is 3. The molecule has 9 N–H and O–H groups in total. The number of aliphatic hydroxyl groups excluding tert-OH is 2. The van der Waals surface area contributed by atoms with Crippen molar-refractivity contribution in [1.82, 2.24) is 15.0 Å². The van der Waals surface area contributed by atoms with Crippen molar-refractivity contribution in [2.75, 3.05) is 19.0 Å². The number of phenols is 2. The van der Waals surface area contributed by atoms with E-state index < -0.39 is 95.7 Å². The van der Waals surface area contributed by atoms with E-state index in [1.807, 2.05) is 18.2 Å². The van der Waals surface area contributed by atoms with E-state index in [1.54, 1.807) is 6.92 Å². The van der Waals surface area contributed by atoms with Crippen LogP contribution in [-0.4, -0.2) is 119 Å². The van der Waals surface area contributed by atoms with Crippen LogP contribution in [0.1, 0.15) is 176 Å². The molecule has 1 amide bonds. The number of H-pyrrole nitrogens is 1. The van der Waals surface area contributed by atoms with Crippen LogP contribution in [0, 0.1) is 16.7 Å². The van der Waals surface area contributed by atoms with Crippen molar-refractivity contribution in [2.45, 2.75) is 153 Å². The number of aromatic hydroxyl groups is 2. The van der Waals surface area contributed by atoms with E-state index >= 15 is 0 Å². The van der Waals surface area contributed by atoms with Gasteiger partial charge in [0.05, 0.1) is 70.9 Å². The molecular weight excluding hydrogens is 941 g/mol. The van der Waals surface area contributed by atoms with E-state index in [0.29, 0.717) is 5.69 Å². The minimum Gasteiger partial charge on any atom is -0.507 e. The first-order chi connectivity index (χ1) is 34.3. The minimum absolute atomic E-state index is 0.0173. The number of amides is 1. The fourth-order valence-corrected chi connectivity index (χ4v) is 11.1. The van der Waals surface area contributed by atoms with Gasteiger partial charge in [-0.2, -0.15) is 5.26 Å². The molecule has 0 unspecified atom stereocenters. The third-order valence-electron chi connectivity index (χ3n) is 14.6. The van der Waals surface area contributed by atoms with Crippen LogP contribution in [0.15, 0.2) is 42.6 Å². The molecule has 2 aromatic carbocycles. The van der Waals surface area contributed by atoms with Gasteiger partial charge in [-0.1, -0.05) is 32.1 Å². The lowest BCUT2D eigenvalue weighted by Gasteiger charge is -2.45. The number of aromatic amines is 1. The third-order valence-corrected chi connectivity index (χ3v) is 14.6. The number of allylic oxidation sites excluding steroid dienone is 2. The van der Waals surface area contributed by atoms with Gasteiger partial charge in [0, 0.05) is 53.6 Å². The number of imidazole rings is 1. The van der Waals surface area contributed by atoms with Gasteiger partial charge in [-0.25, -0.2) is 4.98 Å². The highest BCUT2D eigenvalue weighted by atomic mass is 16.7. The molecule has 2 aromatic heterocycles. The summed E-state index contributed by atoms with van der Waals surface area (Å²) in [5.74, 6) is -3.78. The second kappa shape index (κ2) is 19.8. The second-order valence-electron chi connectivity index (χ2n) is 21.8. The summed E-state index contributed by atoms with van der Waals surface area (Å²) in [4.78, 5) is 64.5. The average Bonchev–Trinajstić information content (AvgIpc) is 3.82. The van der Waals surface area contributed by atoms with Crippen molar-refractivity contribution >= 4 is 34.5 Å². The van der Waals surface area contributed by atoms with Crippen LogP contribution < -0.4 is 15.8 Å². The largest absolute Gasteiger partial charge is 0.507 e. The summed E-state index contributed by atoms with van der Waals surface area (Å²) in [6.07, 6.45) is 3.25. The number of benzene rings is 2. The highest BCUT2D eigenvalue weighted by Crippen LogP contribution is 2.53. The molecule has 5 aliphatic rings. The number of fused-ring (bicyclic) bond motifs is 3. The lowest BCUT2D eigenvalue weighted by atomic mass is 9.72. The van der Waals surface area contributed by atoms with Crippen LogP contribution in [0.2, 0.25) is 0 Å². The van der Waals surface area contributed by atoms with Gasteiger partial charge in [-0.15, -0.1) is 0 Å². The standard InChI is InChI=1S/C27H35N5O2.C27H29NO11/c1-25(2)11-9-17(10-12-25)22-21(32-24(33)23-29-16-19(15-28)30-23)8-7-20(31-22)18-13-26(3,4)34-27(5,6)14-18;1-10-22(31)13(28)6-17(38-10)39-15-8-27(36,16(30)9-29)7-12-19(15)26(35)21-20(24(12)33)23(32)11-4-3-5-14(37-2)18(11)25(21)34/h7-9,16,18H,10-14H2,1-6H3,(H,29,30)(H,32,33);3-5,10,13,15,17,22,29,31,33,35-36H,6-9,28H2,1-2H3/t;10-,13-,15-,17-,22+,27-/m.0/s1. The monoisotopic (exact) mass is 1000 g/mol. The number of nitrogens with one attached hydrogen (secondary N) is 2. The molecule has 0 radical (unpaired) electrons. The normalized spacial score (nSPS) is 25.9. The van der Waals surface area contributed by atoms with E-state index in [2.05, 4.69) is 62.9 Å². The van der Waals surface area contributed by atoms with Gasteiger partial charge < -0.3 is 60.5 Å². The number of carbonyl (C=O) groups is 4. The molecule has 4 aromatic rings. The molecule has 2 aliphatic heterocycles. The zero-order valence-corrected chi connectivity index (χ0v) is 42.3. The summed E-state index contributed by atoms with van der Waals surface area (Å²) in [6, 6.07) is 9.58. The number of nitriles is 1. The topological polar surface area (TPSA) is 310 Å². The number of hydrogen-bond acceptors (Lipinski definition) is 17. The predicted molar refractivity (Wildman–Crippen MR) is 264 cm³/mol. The molecule has 9 rings (SSSR count). The lowest BCUT2D eigenvalue weighted by molar-refractivity contribution is -0.247. The van der Waals surface area contributed by atoms with Crippen molar-refractivity contribution in [3.63, 3.8) is 0 Å². The number of rotatable bonds is 9. The van der Waals surface area contributed by atoms with Gasteiger partial charge in [0.2, 0.25) is 5.78 Å². The smallest absolute Gasteiger partial charge is 0.291 e. The molecule has 2 saturated heterocycles. The van der Waals surface area contributed by atoms with Crippen LogP contribution in [-0.2, 0) is 25.4 Å². The van der Waals surface area contributed by atoms with Gasteiger partial charge in [0.15, 0.2) is 23.7 Å². The molecule has 2 fully saturated rings. The number of aliphatic hydroxyl groups is 3. The molecule has 73 heavy (non-hydrogen) atoms. The molecule has 6 atom stereocenters. The Balaban J connectivity index is 0.000000197. The van der Waals surface area contributed by atoms with Crippen molar-refractivity contribution in [1.29, 1.82) is 5.26 Å². The predicted octanol–water partition coefficient (Wildman–Crippen LogP) is 5.97. The average molecular weight is 1010 g/mol. The Bertz CT molecular complexity index is 2920. The molecule has 0 spiro atoms. The summed E-state index contributed by atoms with van der Waals surface area (Å²) in [6.45, 7) is 13.7.